The Bertz CT molecular complexity index is 401. The second kappa shape index (κ2) is 5.07. The van der Waals surface area contributed by atoms with E-state index in [1.165, 1.54) is 18.4 Å². The van der Waals surface area contributed by atoms with Crippen LogP contribution in [0.2, 0.25) is 0 Å². The highest BCUT2D eigenvalue weighted by atomic mass is 79.9. The smallest absolute Gasteiger partial charge is 0.124 e. The first-order chi connectivity index (χ1) is 8.05. The second-order valence-electron chi connectivity index (χ2n) is 5.20. The fourth-order valence-electron chi connectivity index (χ4n) is 2.26. The molecule has 1 unspecified atom stereocenters. The van der Waals surface area contributed by atoms with Crippen LogP contribution in [0.3, 0.4) is 0 Å². The maximum absolute atomic E-state index is 13.0. The summed E-state index contributed by atoms with van der Waals surface area (Å²) in [6.45, 7) is 5.45. The van der Waals surface area contributed by atoms with E-state index in [0.29, 0.717) is 11.5 Å². The SMILES string of the molecule is CCNC(Cc1ccc(F)cc1Br)C1(C)CC1. The molecular formula is C14H19BrFN. The molecule has 1 aromatic carbocycles. The van der Waals surface area contributed by atoms with Gasteiger partial charge in [0.05, 0.1) is 0 Å². The van der Waals surface area contributed by atoms with Gasteiger partial charge in [-0.05, 0) is 48.9 Å². The molecule has 1 fully saturated rings. The van der Waals surface area contributed by atoms with E-state index in [0.717, 1.165) is 17.4 Å². The van der Waals surface area contributed by atoms with Crippen molar-refractivity contribution in [1.29, 1.82) is 0 Å². The van der Waals surface area contributed by atoms with Crippen molar-refractivity contribution in [2.24, 2.45) is 5.41 Å². The lowest BCUT2D eigenvalue weighted by Crippen LogP contribution is -2.38. The molecule has 0 aliphatic heterocycles. The molecule has 1 aromatic rings. The van der Waals surface area contributed by atoms with Crippen LogP contribution < -0.4 is 5.32 Å². The van der Waals surface area contributed by atoms with Crippen LogP contribution in [0.4, 0.5) is 4.39 Å². The van der Waals surface area contributed by atoms with E-state index in [9.17, 15) is 4.39 Å². The quantitative estimate of drug-likeness (QED) is 0.869. The molecule has 0 saturated heterocycles. The summed E-state index contributed by atoms with van der Waals surface area (Å²) in [5.41, 5.74) is 1.62. The Morgan fingerprint density at radius 3 is 2.71 bits per heavy atom. The molecule has 0 amide bonds. The molecule has 1 N–H and O–H groups in total. The van der Waals surface area contributed by atoms with E-state index < -0.39 is 0 Å². The van der Waals surface area contributed by atoms with Gasteiger partial charge >= 0.3 is 0 Å². The van der Waals surface area contributed by atoms with Gasteiger partial charge in [0, 0.05) is 10.5 Å². The summed E-state index contributed by atoms with van der Waals surface area (Å²) >= 11 is 3.45. The van der Waals surface area contributed by atoms with Crippen LogP contribution in [0.1, 0.15) is 32.3 Å². The number of nitrogens with one attached hydrogen (secondary N) is 1. The summed E-state index contributed by atoms with van der Waals surface area (Å²) in [6, 6.07) is 5.47. The molecule has 1 aliphatic rings. The van der Waals surface area contributed by atoms with E-state index in [1.807, 2.05) is 6.07 Å². The molecule has 0 radical (unpaired) electrons. The largest absolute Gasteiger partial charge is 0.313 e. The van der Waals surface area contributed by atoms with Crippen molar-refractivity contribution in [3.05, 3.63) is 34.1 Å². The Morgan fingerprint density at radius 1 is 1.47 bits per heavy atom. The van der Waals surface area contributed by atoms with Gasteiger partial charge in [-0.2, -0.15) is 0 Å². The van der Waals surface area contributed by atoms with E-state index in [-0.39, 0.29) is 5.82 Å². The third-order valence-electron chi connectivity index (χ3n) is 3.77. The van der Waals surface area contributed by atoms with E-state index in [2.05, 4.69) is 35.1 Å². The number of likely N-dealkylation sites (N-methyl/N-ethyl adjacent to an activating group) is 1. The highest BCUT2D eigenvalue weighted by Gasteiger charge is 2.44. The monoisotopic (exact) mass is 299 g/mol. The number of hydrogen-bond donors (Lipinski definition) is 1. The molecule has 1 saturated carbocycles. The van der Waals surface area contributed by atoms with Gasteiger partial charge in [0.15, 0.2) is 0 Å². The minimum Gasteiger partial charge on any atom is -0.313 e. The molecule has 1 atom stereocenters. The normalized spacial score (nSPS) is 19.1. The Morgan fingerprint density at radius 2 is 2.18 bits per heavy atom. The first kappa shape index (κ1) is 13.0. The van der Waals surface area contributed by atoms with Crippen LogP contribution >= 0.6 is 15.9 Å². The Balaban J connectivity index is 2.11. The van der Waals surface area contributed by atoms with Crippen LogP contribution in [0, 0.1) is 11.2 Å². The number of benzene rings is 1. The van der Waals surface area contributed by atoms with Gasteiger partial charge in [-0.1, -0.05) is 35.8 Å². The van der Waals surface area contributed by atoms with Gasteiger partial charge in [-0.25, -0.2) is 4.39 Å². The summed E-state index contributed by atoms with van der Waals surface area (Å²) in [6.07, 6.45) is 3.55. The summed E-state index contributed by atoms with van der Waals surface area (Å²) < 4.78 is 13.9. The molecule has 0 aromatic heterocycles. The average molecular weight is 300 g/mol. The fraction of sp³-hybridized carbons (Fsp3) is 0.571. The summed E-state index contributed by atoms with van der Waals surface area (Å²) in [5.74, 6) is -0.182. The zero-order chi connectivity index (χ0) is 12.5. The topological polar surface area (TPSA) is 12.0 Å². The number of hydrogen-bond acceptors (Lipinski definition) is 1. The lowest BCUT2D eigenvalue weighted by molar-refractivity contribution is 0.360. The standard InChI is InChI=1S/C14H19BrFN/c1-3-17-13(14(2)6-7-14)8-10-4-5-11(16)9-12(10)15/h4-5,9,13,17H,3,6-8H2,1-2H3. The van der Waals surface area contributed by atoms with E-state index in [1.54, 1.807) is 12.1 Å². The fourth-order valence-corrected chi connectivity index (χ4v) is 2.78. The molecule has 2 rings (SSSR count). The van der Waals surface area contributed by atoms with E-state index >= 15 is 0 Å². The molecule has 3 heteroatoms. The van der Waals surface area contributed by atoms with Gasteiger partial charge in [-0.15, -0.1) is 0 Å². The number of halogens is 2. The minimum absolute atomic E-state index is 0.182. The average Bonchev–Trinajstić information content (AvgIpc) is 3.01. The maximum Gasteiger partial charge on any atom is 0.124 e. The Hall–Kier alpha value is -0.410. The lowest BCUT2D eigenvalue weighted by atomic mass is 9.92. The lowest BCUT2D eigenvalue weighted by Gasteiger charge is -2.25. The summed E-state index contributed by atoms with van der Waals surface area (Å²) in [7, 11) is 0. The molecule has 0 heterocycles. The van der Waals surface area contributed by atoms with Crippen molar-refractivity contribution in [3.63, 3.8) is 0 Å². The van der Waals surface area contributed by atoms with Crippen LogP contribution in [0.5, 0.6) is 0 Å². The van der Waals surface area contributed by atoms with Crippen LogP contribution in [-0.2, 0) is 6.42 Å². The number of rotatable bonds is 5. The van der Waals surface area contributed by atoms with Gasteiger partial charge in [0.25, 0.3) is 0 Å². The van der Waals surface area contributed by atoms with Crippen molar-refractivity contribution in [2.75, 3.05) is 6.54 Å². The van der Waals surface area contributed by atoms with Crippen LogP contribution in [-0.4, -0.2) is 12.6 Å². The first-order valence-electron chi connectivity index (χ1n) is 6.22. The zero-order valence-corrected chi connectivity index (χ0v) is 12.0. The molecule has 1 nitrogen and oxygen atoms in total. The van der Waals surface area contributed by atoms with Crippen molar-refractivity contribution < 1.29 is 4.39 Å². The van der Waals surface area contributed by atoms with E-state index in [4.69, 9.17) is 0 Å². The van der Waals surface area contributed by atoms with Crippen LogP contribution in [0.15, 0.2) is 22.7 Å². The maximum atomic E-state index is 13.0. The van der Waals surface area contributed by atoms with Gasteiger partial charge in [-0.3, -0.25) is 0 Å². The zero-order valence-electron chi connectivity index (χ0n) is 10.4. The third-order valence-corrected chi connectivity index (χ3v) is 4.51. The first-order valence-corrected chi connectivity index (χ1v) is 7.02. The minimum atomic E-state index is -0.182. The predicted octanol–water partition coefficient (Wildman–Crippen LogP) is 3.91. The van der Waals surface area contributed by atoms with Gasteiger partial charge in [0.2, 0.25) is 0 Å². The molecule has 0 bridgehead atoms. The molecule has 0 spiro atoms. The van der Waals surface area contributed by atoms with Crippen molar-refractivity contribution >= 4 is 15.9 Å². The Kier molecular flexibility index (Phi) is 3.88. The summed E-state index contributed by atoms with van der Waals surface area (Å²) in [4.78, 5) is 0. The van der Waals surface area contributed by atoms with Crippen molar-refractivity contribution in [2.45, 2.75) is 39.2 Å². The Labute approximate surface area is 111 Å². The van der Waals surface area contributed by atoms with Crippen molar-refractivity contribution in [1.82, 2.24) is 5.32 Å². The molecule has 1 aliphatic carbocycles. The van der Waals surface area contributed by atoms with Crippen molar-refractivity contribution in [3.8, 4) is 0 Å². The third kappa shape index (κ3) is 3.08. The summed E-state index contributed by atoms with van der Waals surface area (Å²) in [5, 5.41) is 3.56. The highest BCUT2D eigenvalue weighted by Crippen LogP contribution is 2.49. The molecule has 17 heavy (non-hydrogen) atoms. The van der Waals surface area contributed by atoms with Gasteiger partial charge < -0.3 is 5.32 Å². The van der Waals surface area contributed by atoms with Crippen LogP contribution in [0.25, 0.3) is 0 Å². The van der Waals surface area contributed by atoms with Gasteiger partial charge in [0.1, 0.15) is 5.82 Å². The predicted molar refractivity (Wildman–Crippen MR) is 72.6 cm³/mol. The molecule has 94 valence electrons. The molecular weight excluding hydrogens is 281 g/mol. The second-order valence-corrected chi connectivity index (χ2v) is 6.06. The highest BCUT2D eigenvalue weighted by molar-refractivity contribution is 9.10.